The van der Waals surface area contributed by atoms with Crippen LogP contribution in [0.25, 0.3) is 0 Å². The molecule has 0 amide bonds. The Kier molecular flexibility index (Phi) is 8.16. The largest absolute Gasteiger partial charge is 0.494 e. The van der Waals surface area contributed by atoms with Crippen molar-refractivity contribution in [3.05, 3.63) is 78.1 Å². The predicted molar refractivity (Wildman–Crippen MR) is 126 cm³/mol. The van der Waals surface area contributed by atoms with Crippen LogP contribution in [-0.2, 0) is 17.8 Å². The fourth-order valence-corrected chi connectivity index (χ4v) is 4.02. The molecule has 7 nitrogen and oxygen atoms in total. The number of halogens is 1. The minimum absolute atomic E-state index is 0.0642. The van der Waals surface area contributed by atoms with Gasteiger partial charge in [-0.25, -0.2) is 9.37 Å². The Morgan fingerprint density at radius 2 is 2.00 bits per heavy atom. The summed E-state index contributed by atoms with van der Waals surface area (Å²) in [7, 11) is 0. The summed E-state index contributed by atoms with van der Waals surface area (Å²) in [6.45, 7) is 6.04. The fraction of sp³-hybridized carbons (Fsp3) is 0.423. The lowest BCUT2D eigenvalue weighted by atomic mass is 10.1. The molecule has 1 fully saturated rings. The molecule has 1 aromatic heterocycles. The predicted octanol–water partition coefficient (Wildman–Crippen LogP) is 3.44. The van der Waals surface area contributed by atoms with Crippen LogP contribution in [0.2, 0.25) is 0 Å². The van der Waals surface area contributed by atoms with Crippen molar-refractivity contribution in [2.24, 2.45) is 0 Å². The first-order chi connectivity index (χ1) is 16.5. The molecule has 2 aromatic carbocycles. The maximum Gasteiger partial charge on any atom is 0.134 e. The second-order valence-corrected chi connectivity index (χ2v) is 8.75. The smallest absolute Gasteiger partial charge is 0.134 e. The first-order valence-corrected chi connectivity index (χ1v) is 11.6. The fourth-order valence-electron chi connectivity index (χ4n) is 4.02. The van der Waals surface area contributed by atoms with E-state index in [2.05, 4.69) is 20.5 Å². The van der Waals surface area contributed by atoms with Crippen LogP contribution in [0.5, 0.6) is 11.5 Å². The third kappa shape index (κ3) is 7.03. The van der Waals surface area contributed by atoms with Gasteiger partial charge in [-0.15, -0.1) is 0 Å². The molecule has 1 saturated heterocycles. The average Bonchev–Trinajstić information content (AvgIpc) is 3.14. The van der Waals surface area contributed by atoms with Gasteiger partial charge in [0.05, 0.1) is 19.8 Å². The SMILES string of the molecule is Cc1nccn1CCCOc1cccc(CN2CCOC[C@](O)(COc3ccc(F)cc3)C2)c1. The second-order valence-electron chi connectivity index (χ2n) is 8.75. The van der Waals surface area contributed by atoms with Gasteiger partial charge < -0.3 is 23.9 Å². The summed E-state index contributed by atoms with van der Waals surface area (Å²) >= 11 is 0. The zero-order chi connectivity index (χ0) is 23.8. The molecule has 1 aliphatic heterocycles. The van der Waals surface area contributed by atoms with E-state index in [-0.39, 0.29) is 19.0 Å². The van der Waals surface area contributed by atoms with Gasteiger partial charge in [-0.1, -0.05) is 12.1 Å². The number of hydrogen-bond donors (Lipinski definition) is 1. The van der Waals surface area contributed by atoms with Gasteiger partial charge in [0.15, 0.2) is 0 Å². The molecule has 0 saturated carbocycles. The Morgan fingerprint density at radius 1 is 1.15 bits per heavy atom. The van der Waals surface area contributed by atoms with Crippen molar-refractivity contribution in [1.82, 2.24) is 14.5 Å². The van der Waals surface area contributed by atoms with Gasteiger partial charge in [0.2, 0.25) is 0 Å². The third-order valence-electron chi connectivity index (χ3n) is 5.80. The van der Waals surface area contributed by atoms with Gasteiger partial charge in [-0.2, -0.15) is 0 Å². The van der Waals surface area contributed by atoms with Crippen LogP contribution < -0.4 is 9.47 Å². The summed E-state index contributed by atoms with van der Waals surface area (Å²) in [6.07, 6.45) is 4.68. The van der Waals surface area contributed by atoms with E-state index in [1.807, 2.05) is 37.5 Å². The summed E-state index contributed by atoms with van der Waals surface area (Å²) in [6, 6.07) is 13.8. The number of benzene rings is 2. The highest BCUT2D eigenvalue weighted by Gasteiger charge is 2.33. The molecule has 0 radical (unpaired) electrons. The van der Waals surface area contributed by atoms with E-state index in [1.165, 1.54) is 12.1 Å². The van der Waals surface area contributed by atoms with E-state index in [9.17, 15) is 9.50 Å². The molecule has 0 bridgehead atoms. The van der Waals surface area contributed by atoms with Gasteiger partial charge in [0.1, 0.15) is 35.3 Å². The Balaban J connectivity index is 1.28. The Morgan fingerprint density at radius 3 is 2.79 bits per heavy atom. The summed E-state index contributed by atoms with van der Waals surface area (Å²) in [5.74, 6) is 2.03. The van der Waals surface area contributed by atoms with E-state index in [4.69, 9.17) is 14.2 Å². The van der Waals surface area contributed by atoms with Crippen LogP contribution >= 0.6 is 0 Å². The van der Waals surface area contributed by atoms with Gasteiger partial charge in [0.25, 0.3) is 0 Å². The number of hydrogen-bond acceptors (Lipinski definition) is 6. The van der Waals surface area contributed by atoms with Crippen molar-refractivity contribution in [3.8, 4) is 11.5 Å². The molecule has 2 heterocycles. The van der Waals surface area contributed by atoms with Crippen LogP contribution in [0.3, 0.4) is 0 Å². The number of aromatic nitrogens is 2. The van der Waals surface area contributed by atoms with Crippen LogP contribution in [0.15, 0.2) is 60.9 Å². The maximum atomic E-state index is 13.1. The number of nitrogens with zero attached hydrogens (tertiary/aromatic N) is 3. The molecule has 1 atom stereocenters. The average molecular weight is 470 g/mol. The molecular formula is C26H32FN3O4. The van der Waals surface area contributed by atoms with E-state index in [0.717, 1.165) is 30.1 Å². The molecule has 4 rings (SSSR count). The highest BCUT2D eigenvalue weighted by Crippen LogP contribution is 2.20. The number of imidazole rings is 1. The first-order valence-electron chi connectivity index (χ1n) is 11.6. The summed E-state index contributed by atoms with van der Waals surface area (Å²) in [5.41, 5.74) is -0.0589. The van der Waals surface area contributed by atoms with E-state index in [1.54, 1.807) is 12.1 Å². The van der Waals surface area contributed by atoms with Crippen molar-refractivity contribution in [2.45, 2.75) is 32.0 Å². The normalized spacial score (nSPS) is 19.0. The number of ether oxygens (including phenoxy) is 3. The Hall–Kier alpha value is -2.94. The lowest BCUT2D eigenvalue weighted by Crippen LogP contribution is -2.48. The molecule has 8 heteroatoms. The molecule has 0 unspecified atom stereocenters. The van der Waals surface area contributed by atoms with Gasteiger partial charge in [-0.3, -0.25) is 4.90 Å². The maximum absolute atomic E-state index is 13.1. The zero-order valence-electron chi connectivity index (χ0n) is 19.5. The summed E-state index contributed by atoms with van der Waals surface area (Å²) in [5, 5.41) is 11.1. The van der Waals surface area contributed by atoms with Gasteiger partial charge in [0, 0.05) is 38.6 Å². The minimum Gasteiger partial charge on any atom is -0.494 e. The van der Waals surface area contributed by atoms with Crippen molar-refractivity contribution in [3.63, 3.8) is 0 Å². The highest BCUT2D eigenvalue weighted by atomic mass is 19.1. The lowest BCUT2D eigenvalue weighted by molar-refractivity contribution is -0.0646. The monoisotopic (exact) mass is 469 g/mol. The van der Waals surface area contributed by atoms with Crippen molar-refractivity contribution in [2.75, 3.05) is 39.5 Å². The van der Waals surface area contributed by atoms with E-state index in [0.29, 0.717) is 38.6 Å². The number of rotatable bonds is 10. The lowest BCUT2D eigenvalue weighted by Gasteiger charge is -2.30. The third-order valence-corrected chi connectivity index (χ3v) is 5.80. The van der Waals surface area contributed by atoms with Crippen LogP contribution in [0, 0.1) is 12.7 Å². The molecule has 0 aliphatic carbocycles. The molecule has 1 N–H and O–H groups in total. The standard InChI is InChI=1S/C26H32FN3O4/c1-21-28-10-12-30(21)11-3-14-33-25-5-2-4-22(16-25)17-29-13-15-32-19-26(31,18-29)20-34-24-8-6-23(27)7-9-24/h2,4-10,12,16,31H,3,11,13-15,17-20H2,1H3/t26-/m0/s1. The molecule has 1 aliphatic rings. The summed E-state index contributed by atoms with van der Waals surface area (Å²) < 4.78 is 32.6. The molecule has 3 aromatic rings. The quantitative estimate of drug-likeness (QED) is 0.459. The highest BCUT2D eigenvalue weighted by molar-refractivity contribution is 5.28. The molecule has 34 heavy (non-hydrogen) atoms. The van der Waals surface area contributed by atoms with Crippen molar-refractivity contribution < 1.29 is 23.7 Å². The van der Waals surface area contributed by atoms with Gasteiger partial charge >= 0.3 is 0 Å². The second kappa shape index (κ2) is 11.5. The van der Waals surface area contributed by atoms with Crippen molar-refractivity contribution in [1.29, 1.82) is 0 Å². The number of aliphatic hydroxyl groups is 1. The Labute approximate surface area is 199 Å². The first kappa shape index (κ1) is 24.2. The van der Waals surface area contributed by atoms with Crippen LogP contribution in [-0.4, -0.2) is 64.7 Å². The number of β-amino-alcohol motifs (C(OH)–C–C–N with tert-alkyl or cyclic N) is 1. The molecular weight excluding hydrogens is 437 g/mol. The Bertz CT molecular complexity index is 1040. The minimum atomic E-state index is -1.16. The topological polar surface area (TPSA) is 69.0 Å². The summed E-state index contributed by atoms with van der Waals surface area (Å²) in [4.78, 5) is 6.39. The van der Waals surface area contributed by atoms with Crippen LogP contribution in [0.4, 0.5) is 4.39 Å². The van der Waals surface area contributed by atoms with Crippen LogP contribution in [0.1, 0.15) is 17.8 Å². The number of aryl methyl sites for hydroxylation is 2. The van der Waals surface area contributed by atoms with E-state index >= 15 is 0 Å². The van der Waals surface area contributed by atoms with Gasteiger partial charge in [-0.05, 0) is 55.3 Å². The van der Waals surface area contributed by atoms with Crippen molar-refractivity contribution >= 4 is 0 Å². The van der Waals surface area contributed by atoms with E-state index < -0.39 is 5.60 Å². The molecule has 182 valence electrons. The zero-order valence-corrected chi connectivity index (χ0v) is 19.5. The molecule has 0 spiro atoms.